The van der Waals surface area contributed by atoms with Crippen LogP contribution >= 0.6 is 0 Å². The first-order valence-corrected chi connectivity index (χ1v) is 5.91. The molecule has 1 amide bonds. The van der Waals surface area contributed by atoms with E-state index in [1.807, 2.05) is 0 Å². The number of amides is 1. The summed E-state index contributed by atoms with van der Waals surface area (Å²) in [5, 5.41) is 0. The van der Waals surface area contributed by atoms with Gasteiger partial charge in [0.2, 0.25) is 5.91 Å². The van der Waals surface area contributed by atoms with Crippen molar-refractivity contribution in [3.63, 3.8) is 0 Å². The number of hydrogen-bond donors (Lipinski definition) is 1. The monoisotopic (exact) mass is 283 g/mol. The van der Waals surface area contributed by atoms with Crippen LogP contribution in [0.2, 0.25) is 0 Å². The molecule has 0 spiro atoms. The van der Waals surface area contributed by atoms with E-state index in [1.165, 1.54) is 12.1 Å². The lowest BCUT2D eigenvalue weighted by Crippen LogP contribution is -2.10. The topological polar surface area (TPSA) is 56.2 Å². The summed E-state index contributed by atoms with van der Waals surface area (Å²) in [6.45, 7) is 0. The van der Waals surface area contributed by atoms with E-state index in [-0.39, 0.29) is 6.42 Å². The number of carbonyl (C=O) groups excluding carboxylic acids is 1. The van der Waals surface area contributed by atoms with E-state index in [0.717, 1.165) is 12.1 Å². The average molecular weight is 283 g/mol. The fourth-order valence-corrected chi connectivity index (χ4v) is 1.74. The maximum Gasteiger partial charge on any atom is 0.416 e. The zero-order valence-corrected chi connectivity index (χ0v) is 10.4. The molecular formula is C14H12F3NO2. The van der Waals surface area contributed by atoms with Gasteiger partial charge in [0.25, 0.3) is 0 Å². The summed E-state index contributed by atoms with van der Waals surface area (Å²) in [4.78, 5) is 10.7. The summed E-state index contributed by atoms with van der Waals surface area (Å²) in [7, 11) is 0. The molecule has 2 rings (SSSR count). The van der Waals surface area contributed by atoms with Crippen molar-refractivity contribution in [3.05, 3.63) is 47.7 Å². The fraction of sp³-hybridized carbons (Fsp3) is 0.214. The second-order valence-corrected chi connectivity index (χ2v) is 4.31. The second-order valence-electron chi connectivity index (χ2n) is 4.31. The zero-order valence-electron chi connectivity index (χ0n) is 10.4. The van der Waals surface area contributed by atoms with Gasteiger partial charge < -0.3 is 10.2 Å². The SMILES string of the molecule is NC(=O)CCc1ccc(-c2ccc(C(F)(F)F)cc2)o1. The third kappa shape index (κ3) is 3.40. The van der Waals surface area contributed by atoms with E-state index < -0.39 is 17.6 Å². The molecule has 0 unspecified atom stereocenters. The van der Waals surface area contributed by atoms with Crippen molar-refractivity contribution in [3.8, 4) is 11.3 Å². The number of rotatable bonds is 4. The molecule has 0 radical (unpaired) electrons. The van der Waals surface area contributed by atoms with Gasteiger partial charge in [-0.05, 0) is 24.3 Å². The Morgan fingerprint density at radius 3 is 2.30 bits per heavy atom. The molecule has 0 aliphatic heterocycles. The predicted molar refractivity (Wildman–Crippen MR) is 66.7 cm³/mol. The zero-order chi connectivity index (χ0) is 14.8. The third-order valence-corrected chi connectivity index (χ3v) is 2.78. The lowest BCUT2D eigenvalue weighted by atomic mass is 10.1. The standard InChI is InChI=1S/C14H12F3NO2/c15-14(16,17)10-3-1-9(2-4-10)12-7-5-11(20-12)6-8-13(18)19/h1-5,7H,6,8H2,(H2,18,19). The van der Waals surface area contributed by atoms with Crippen molar-refractivity contribution in [2.45, 2.75) is 19.0 Å². The van der Waals surface area contributed by atoms with Crippen molar-refractivity contribution in [1.82, 2.24) is 0 Å². The van der Waals surface area contributed by atoms with E-state index in [4.69, 9.17) is 10.2 Å². The van der Waals surface area contributed by atoms with Crippen molar-refractivity contribution in [1.29, 1.82) is 0 Å². The molecule has 0 saturated heterocycles. The molecule has 3 nitrogen and oxygen atoms in total. The molecule has 20 heavy (non-hydrogen) atoms. The van der Waals surface area contributed by atoms with Gasteiger partial charge in [-0.1, -0.05) is 12.1 Å². The molecule has 0 fully saturated rings. The summed E-state index contributed by atoms with van der Waals surface area (Å²) in [6, 6.07) is 8.02. The minimum atomic E-state index is -4.35. The first-order chi connectivity index (χ1) is 9.36. The highest BCUT2D eigenvalue weighted by Gasteiger charge is 2.30. The minimum Gasteiger partial charge on any atom is -0.461 e. The van der Waals surface area contributed by atoms with Gasteiger partial charge in [-0.15, -0.1) is 0 Å². The van der Waals surface area contributed by atoms with Crippen molar-refractivity contribution < 1.29 is 22.4 Å². The summed E-state index contributed by atoms with van der Waals surface area (Å²) >= 11 is 0. The smallest absolute Gasteiger partial charge is 0.416 e. The van der Waals surface area contributed by atoms with Crippen molar-refractivity contribution in [2.24, 2.45) is 5.73 Å². The number of halogens is 3. The van der Waals surface area contributed by atoms with Crippen LogP contribution in [0.3, 0.4) is 0 Å². The number of carbonyl (C=O) groups is 1. The predicted octanol–water partition coefficient (Wildman–Crippen LogP) is 3.38. The number of primary amides is 1. The summed E-state index contributed by atoms with van der Waals surface area (Å²) in [5.74, 6) is 0.592. The van der Waals surface area contributed by atoms with Gasteiger partial charge in [-0.25, -0.2) is 0 Å². The fourth-order valence-electron chi connectivity index (χ4n) is 1.74. The van der Waals surface area contributed by atoms with Crippen molar-refractivity contribution >= 4 is 5.91 Å². The molecular weight excluding hydrogens is 271 g/mol. The lowest BCUT2D eigenvalue weighted by Gasteiger charge is -2.06. The Bertz CT molecular complexity index is 600. The van der Waals surface area contributed by atoms with E-state index in [1.54, 1.807) is 12.1 Å². The quantitative estimate of drug-likeness (QED) is 0.935. The van der Waals surface area contributed by atoms with Crippen LogP contribution in [0.25, 0.3) is 11.3 Å². The largest absolute Gasteiger partial charge is 0.461 e. The molecule has 0 saturated carbocycles. The van der Waals surface area contributed by atoms with Crippen LogP contribution in [0.15, 0.2) is 40.8 Å². The normalized spacial score (nSPS) is 11.6. The molecule has 1 heterocycles. The molecule has 0 bridgehead atoms. The maximum absolute atomic E-state index is 12.4. The maximum atomic E-state index is 12.4. The molecule has 2 N–H and O–H groups in total. The number of nitrogens with two attached hydrogens (primary N) is 1. The molecule has 1 aromatic heterocycles. The van der Waals surface area contributed by atoms with E-state index in [2.05, 4.69) is 0 Å². The van der Waals surface area contributed by atoms with Gasteiger partial charge >= 0.3 is 6.18 Å². The Labute approximate surface area is 113 Å². The molecule has 6 heteroatoms. The number of aryl methyl sites for hydroxylation is 1. The third-order valence-electron chi connectivity index (χ3n) is 2.78. The van der Waals surface area contributed by atoms with Gasteiger partial charge in [-0.3, -0.25) is 4.79 Å². The van der Waals surface area contributed by atoms with Crippen LogP contribution in [-0.2, 0) is 17.4 Å². The van der Waals surface area contributed by atoms with Gasteiger partial charge in [0.05, 0.1) is 5.56 Å². The Hall–Kier alpha value is -2.24. The first kappa shape index (κ1) is 14.2. The van der Waals surface area contributed by atoms with E-state index in [0.29, 0.717) is 23.5 Å². The molecule has 2 aromatic rings. The number of alkyl halides is 3. The molecule has 106 valence electrons. The van der Waals surface area contributed by atoms with Crippen LogP contribution in [0.4, 0.5) is 13.2 Å². The van der Waals surface area contributed by atoms with Crippen LogP contribution in [0.1, 0.15) is 17.7 Å². The lowest BCUT2D eigenvalue weighted by molar-refractivity contribution is -0.137. The van der Waals surface area contributed by atoms with E-state index >= 15 is 0 Å². The summed E-state index contributed by atoms with van der Waals surface area (Å²) in [5.41, 5.74) is 4.87. The van der Waals surface area contributed by atoms with E-state index in [9.17, 15) is 18.0 Å². The van der Waals surface area contributed by atoms with Gasteiger partial charge in [0, 0.05) is 18.4 Å². The number of benzene rings is 1. The van der Waals surface area contributed by atoms with Crippen LogP contribution in [0, 0.1) is 0 Å². The first-order valence-electron chi connectivity index (χ1n) is 5.91. The summed E-state index contributed by atoms with van der Waals surface area (Å²) in [6.07, 6.45) is -3.82. The van der Waals surface area contributed by atoms with Crippen LogP contribution < -0.4 is 5.73 Å². The Kier molecular flexibility index (Phi) is 3.83. The minimum absolute atomic E-state index is 0.167. The van der Waals surface area contributed by atoms with Crippen molar-refractivity contribution in [2.75, 3.05) is 0 Å². The van der Waals surface area contributed by atoms with Crippen LogP contribution in [0.5, 0.6) is 0 Å². The summed E-state index contributed by atoms with van der Waals surface area (Å²) < 4.78 is 42.8. The van der Waals surface area contributed by atoms with Gasteiger partial charge in [0.15, 0.2) is 0 Å². The Morgan fingerprint density at radius 1 is 1.10 bits per heavy atom. The highest BCUT2D eigenvalue weighted by molar-refractivity contribution is 5.73. The molecule has 0 atom stereocenters. The number of hydrogen-bond acceptors (Lipinski definition) is 2. The molecule has 1 aromatic carbocycles. The Balaban J connectivity index is 2.14. The molecule has 0 aliphatic carbocycles. The average Bonchev–Trinajstić information content (AvgIpc) is 2.84. The number of furan rings is 1. The van der Waals surface area contributed by atoms with Gasteiger partial charge in [-0.2, -0.15) is 13.2 Å². The molecule has 0 aliphatic rings. The highest BCUT2D eigenvalue weighted by atomic mass is 19.4. The van der Waals surface area contributed by atoms with Crippen LogP contribution in [-0.4, -0.2) is 5.91 Å². The second kappa shape index (κ2) is 5.40. The highest BCUT2D eigenvalue weighted by Crippen LogP contribution is 2.31. The Morgan fingerprint density at radius 2 is 1.75 bits per heavy atom. The van der Waals surface area contributed by atoms with Gasteiger partial charge in [0.1, 0.15) is 11.5 Å².